The lowest BCUT2D eigenvalue weighted by Gasteiger charge is -2.24. The van der Waals surface area contributed by atoms with Crippen LogP contribution in [0.25, 0.3) is 0 Å². The van der Waals surface area contributed by atoms with Gasteiger partial charge in [0.2, 0.25) is 0 Å². The summed E-state index contributed by atoms with van der Waals surface area (Å²) >= 11 is 3.44. The van der Waals surface area contributed by atoms with E-state index in [4.69, 9.17) is 0 Å². The molecule has 0 aromatic carbocycles. The molecule has 0 radical (unpaired) electrons. The quantitative estimate of drug-likeness (QED) is 0.814. The van der Waals surface area contributed by atoms with E-state index in [9.17, 15) is 4.79 Å². The van der Waals surface area contributed by atoms with E-state index in [-0.39, 0.29) is 5.56 Å². The zero-order valence-electron chi connectivity index (χ0n) is 13.0. The molecule has 1 aromatic heterocycles. The van der Waals surface area contributed by atoms with Crippen molar-refractivity contribution in [1.29, 1.82) is 0 Å². The molecule has 6 nitrogen and oxygen atoms in total. The van der Waals surface area contributed by atoms with E-state index in [1.807, 2.05) is 26.0 Å². The molecule has 0 aliphatic carbocycles. The first-order chi connectivity index (χ1) is 9.99. The van der Waals surface area contributed by atoms with Gasteiger partial charge in [0.15, 0.2) is 0 Å². The van der Waals surface area contributed by atoms with Crippen LogP contribution in [0.3, 0.4) is 0 Å². The average molecular weight is 358 g/mol. The molecule has 0 bridgehead atoms. The topological polar surface area (TPSA) is 53.4 Å². The Labute approximate surface area is 134 Å². The SMILES string of the molecule is CN(C)CCn1ncc(N(C)CC2CCCN2)c(Br)c1=O. The zero-order chi connectivity index (χ0) is 15.4. The van der Waals surface area contributed by atoms with Gasteiger partial charge in [-0.1, -0.05) is 0 Å². The molecule has 7 heteroatoms. The summed E-state index contributed by atoms with van der Waals surface area (Å²) in [5.41, 5.74) is 0.787. The highest BCUT2D eigenvalue weighted by Gasteiger charge is 2.19. The van der Waals surface area contributed by atoms with Crippen molar-refractivity contribution in [1.82, 2.24) is 20.0 Å². The summed E-state index contributed by atoms with van der Waals surface area (Å²) in [4.78, 5) is 16.5. The molecule has 118 valence electrons. The Kier molecular flexibility index (Phi) is 5.78. The highest BCUT2D eigenvalue weighted by molar-refractivity contribution is 9.10. The fourth-order valence-electron chi connectivity index (χ4n) is 2.52. The average Bonchev–Trinajstić information content (AvgIpc) is 2.93. The van der Waals surface area contributed by atoms with Crippen LogP contribution in [0.5, 0.6) is 0 Å². The predicted octanol–water partition coefficient (Wildman–Crippen LogP) is 0.756. The largest absolute Gasteiger partial charge is 0.371 e. The van der Waals surface area contributed by atoms with E-state index in [0.29, 0.717) is 17.1 Å². The van der Waals surface area contributed by atoms with Crippen molar-refractivity contribution in [3.8, 4) is 0 Å². The molecule has 1 N–H and O–H groups in total. The molecule has 2 heterocycles. The molecule has 1 aliphatic heterocycles. The summed E-state index contributed by atoms with van der Waals surface area (Å²) < 4.78 is 2.10. The fourth-order valence-corrected chi connectivity index (χ4v) is 3.13. The summed E-state index contributed by atoms with van der Waals surface area (Å²) in [6.07, 6.45) is 4.19. The standard InChI is InChI=1S/C14H24BrN5O/c1-18(2)7-8-20-14(21)13(15)12(9-17-20)19(3)10-11-5-4-6-16-11/h9,11,16H,4-8,10H2,1-3H3. The second-order valence-electron chi connectivity index (χ2n) is 5.85. The van der Waals surface area contributed by atoms with Crippen molar-refractivity contribution in [3.05, 3.63) is 21.0 Å². The molecule has 1 aromatic rings. The Hall–Kier alpha value is -0.920. The smallest absolute Gasteiger partial charge is 0.283 e. The lowest BCUT2D eigenvalue weighted by molar-refractivity contribution is 0.367. The highest BCUT2D eigenvalue weighted by Crippen LogP contribution is 2.21. The summed E-state index contributed by atoms with van der Waals surface area (Å²) in [5.74, 6) is 0. The van der Waals surface area contributed by atoms with Crippen molar-refractivity contribution in [3.63, 3.8) is 0 Å². The minimum Gasteiger partial charge on any atom is -0.371 e. The summed E-state index contributed by atoms with van der Waals surface area (Å²) in [6, 6.07) is 0.498. The summed E-state index contributed by atoms with van der Waals surface area (Å²) in [6.45, 7) is 3.37. The van der Waals surface area contributed by atoms with Gasteiger partial charge in [-0.15, -0.1) is 0 Å². The van der Waals surface area contributed by atoms with Gasteiger partial charge >= 0.3 is 0 Å². The molecule has 1 atom stereocenters. The monoisotopic (exact) mass is 357 g/mol. The maximum atomic E-state index is 12.3. The Morgan fingerprint density at radius 3 is 2.86 bits per heavy atom. The van der Waals surface area contributed by atoms with Crippen LogP contribution in [0.15, 0.2) is 15.5 Å². The Morgan fingerprint density at radius 2 is 2.24 bits per heavy atom. The van der Waals surface area contributed by atoms with Crippen molar-refractivity contribution >= 4 is 21.6 Å². The van der Waals surface area contributed by atoms with Gasteiger partial charge in [0.25, 0.3) is 5.56 Å². The first-order valence-electron chi connectivity index (χ1n) is 7.34. The third-order valence-electron chi connectivity index (χ3n) is 3.79. The van der Waals surface area contributed by atoms with Gasteiger partial charge in [0, 0.05) is 26.2 Å². The van der Waals surface area contributed by atoms with Crippen LogP contribution < -0.4 is 15.8 Å². The van der Waals surface area contributed by atoms with Crippen LogP contribution in [0, 0.1) is 0 Å². The van der Waals surface area contributed by atoms with Gasteiger partial charge in [-0.3, -0.25) is 4.79 Å². The van der Waals surface area contributed by atoms with E-state index in [0.717, 1.165) is 25.3 Å². The second kappa shape index (κ2) is 7.38. The molecule has 1 unspecified atom stereocenters. The summed E-state index contributed by atoms with van der Waals surface area (Å²) in [7, 11) is 5.97. The number of nitrogens with one attached hydrogen (secondary N) is 1. The van der Waals surface area contributed by atoms with Crippen LogP contribution in [-0.4, -0.2) is 61.5 Å². The number of hydrogen-bond acceptors (Lipinski definition) is 5. The molecule has 0 saturated carbocycles. The first-order valence-corrected chi connectivity index (χ1v) is 8.13. The third kappa shape index (κ3) is 4.28. The fraction of sp³-hybridized carbons (Fsp3) is 0.714. The lowest BCUT2D eigenvalue weighted by Crippen LogP contribution is -2.37. The van der Waals surface area contributed by atoms with Crippen molar-refractivity contribution < 1.29 is 0 Å². The third-order valence-corrected chi connectivity index (χ3v) is 4.54. The number of nitrogens with zero attached hydrogens (tertiary/aromatic N) is 4. The molecular weight excluding hydrogens is 334 g/mol. The van der Waals surface area contributed by atoms with E-state index in [1.165, 1.54) is 17.5 Å². The second-order valence-corrected chi connectivity index (χ2v) is 6.64. The maximum absolute atomic E-state index is 12.3. The van der Waals surface area contributed by atoms with Gasteiger partial charge in [0.1, 0.15) is 4.47 Å². The number of rotatable bonds is 6. The van der Waals surface area contributed by atoms with E-state index >= 15 is 0 Å². The van der Waals surface area contributed by atoms with Gasteiger partial charge in [-0.05, 0) is 49.4 Å². The molecule has 0 spiro atoms. The molecule has 0 amide bonds. The minimum absolute atomic E-state index is 0.0689. The maximum Gasteiger partial charge on any atom is 0.283 e. The number of likely N-dealkylation sites (N-methyl/N-ethyl adjacent to an activating group) is 2. The number of anilines is 1. The Bertz CT molecular complexity index is 525. The Balaban J connectivity index is 2.09. The predicted molar refractivity (Wildman–Crippen MR) is 89.0 cm³/mol. The van der Waals surface area contributed by atoms with Gasteiger partial charge in [0.05, 0.1) is 18.4 Å². The normalized spacial score (nSPS) is 18.4. The van der Waals surface area contributed by atoms with E-state index in [1.54, 1.807) is 6.20 Å². The van der Waals surface area contributed by atoms with Crippen LogP contribution >= 0.6 is 15.9 Å². The van der Waals surface area contributed by atoms with Crippen molar-refractivity contribution in [2.45, 2.75) is 25.4 Å². The zero-order valence-corrected chi connectivity index (χ0v) is 14.6. The number of aromatic nitrogens is 2. The molecule has 1 fully saturated rings. The molecular formula is C14H24BrN5O. The minimum atomic E-state index is -0.0689. The molecule has 21 heavy (non-hydrogen) atoms. The van der Waals surface area contributed by atoms with Crippen molar-refractivity contribution in [2.75, 3.05) is 45.7 Å². The Morgan fingerprint density at radius 1 is 1.48 bits per heavy atom. The van der Waals surface area contributed by atoms with Crippen molar-refractivity contribution in [2.24, 2.45) is 0 Å². The van der Waals surface area contributed by atoms with E-state index in [2.05, 4.69) is 31.2 Å². The molecule has 1 aliphatic rings. The lowest BCUT2D eigenvalue weighted by atomic mass is 10.2. The number of halogens is 1. The van der Waals surface area contributed by atoms with Gasteiger partial charge < -0.3 is 15.1 Å². The van der Waals surface area contributed by atoms with E-state index < -0.39 is 0 Å². The first kappa shape index (κ1) is 16.5. The van der Waals surface area contributed by atoms with Gasteiger partial charge in [-0.2, -0.15) is 5.10 Å². The van der Waals surface area contributed by atoms with Crippen LogP contribution in [0.2, 0.25) is 0 Å². The van der Waals surface area contributed by atoms with Gasteiger partial charge in [-0.25, -0.2) is 4.68 Å². The molecule has 2 rings (SSSR count). The number of hydrogen-bond donors (Lipinski definition) is 1. The summed E-state index contributed by atoms with van der Waals surface area (Å²) in [5, 5.41) is 7.76. The van der Waals surface area contributed by atoms with Crippen LogP contribution in [0.1, 0.15) is 12.8 Å². The highest BCUT2D eigenvalue weighted by atomic mass is 79.9. The van der Waals surface area contributed by atoms with Crippen LogP contribution in [-0.2, 0) is 6.54 Å². The molecule has 1 saturated heterocycles. The van der Waals surface area contributed by atoms with Crippen LogP contribution in [0.4, 0.5) is 5.69 Å².